The molecule has 3 aliphatic rings. The van der Waals surface area contributed by atoms with Crippen molar-refractivity contribution >= 4 is 39.2 Å². The van der Waals surface area contributed by atoms with Crippen molar-refractivity contribution in [2.75, 3.05) is 25.0 Å². The average molecular weight is 460 g/mol. The number of fused-ring (bicyclic) bond motifs is 3. The number of carbonyl (C=O) groups excluding carboxylic acids is 1. The molecular formula is C22H20BrClN2O2. The van der Waals surface area contributed by atoms with E-state index in [1.165, 1.54) is 5.56 Å². The van der Waals surface area contributed by atoms with Crippen LogP contribution in [-0.2, 0) is 10.3 Å². The first kappa shape index (κ1) is 18.1. The second kappa shape index (κ2) is 6.53. The van der Waals surface area contributed by atoms with E-state index in [0.29, 0.717) is 5.56 Å². The highest BCUT2D eigenvalue weighted by atomic mass is 79.9. The molecule has 4 nitrogen and oxygen atoms in total. The lowest BCUT2D eigenvalue weighted by Gasteiger charge is -2.41. The van der Waals surface area contributed by atoms with E-state index in [-0.39, 0.29) is 11.9 Å². The molecule has 0 amide bonds. The normalized spacial score (nSPS) is 21.9. The number of carbonyl (C=O) groups is 1. The minimum atomic E-state index is -0.497. The van der Waals surface area contributed by atoms with Gasteiger partial charge in [0.15, 0.2) is 0 Å². The van der Waals surface area contributed by atoms with Gasteiger partial charge in [-0.15, -0.1) is 0 Å². The van der Waals surface area contributed by atoms with Gasteiger partial charge in [0, 0.05) is 64.8 Å². The zero-order chi connectivity index (χ0) is 19.5. The van der Waals surface area contributed by atoms with Crippen LogP contribution < -0.4 is 5.32 Å². The molecule has 0 aliphatic carbocycles. The third-order valence-electron chi connectivity index (χ3n) is 6.25. The predicted octanol–water partition coefficient (Wildman–Crippen LogP) is 5.29. The van der Waals surface area contributed by atoms with Crippen molar-refractivity contribution in [1.29, 1.82) is 0 Å². The van der Waals surface area contributed by atoms with Crippen molar-refractivity contribution in [2.45, 2.75) is 24.4 Å². The molecule has 1 atom stereocenters. The highest BCUT2D eigenvalue weighted by Gasteiger charge is 2.47. The Kier molecular flexibility index (Phi) is 4.21. The van der Waals surface area contributed by atoms with Crippen molar-refractivity contribution in [1.82, 2.24) is 4.90 Å². The van der Waals surface area contributed by atoms with Gasteiger partial charge in [0.25, 0.3) is 0 Å². The molecule has 0 bridgehead atoms. The fourth-order valence-electron chi connectivity index (χ4n) is 4.72. The zero-order valence-electron chi connectivity index (χ0n) is 15.3. The van der Waals surface area contributed by atoms with E-state index in [4.69, 9.17) is 16.3 Å². The van der Waals surface area contributed by atoms with E-state index in [0.717, 1.165) is 58.9 Å². The van der Waals surface area contributed by atoms with Crippen LogP contribution in [0.5, 0.6) is 0 Å². The Balaban J connectivity index is 1.34. The molecule has 1 fully saturated rings. The molecule has 2 aromatic rings. The lowest BCUT2D eigenvalue weighted by atomic mass is 9.83. The van der Waals surface area contributed by atoms with Gasteiger partial charge in [0.2, 0.25) is 0 Å². The van der Waals surface area contributed by atoms with Crippen LogP contribution in [0.25, 0.3) is 0 Å². The fraction of sp³-hybridized carbons (Fsp3) is 0.318. The molecule has 6 heteroatoms. The van der Waals surface area contributed by atoms with E-state index in [1.54, 1.807) is 0 Å². The highest BCUT2D eigenvalue weighted by Crippen LogP contribution is 2.46. The molecule has 1 spiro atoms. The Morgan fingerprint density at radius 1 is 1.25 bits per heavy atom. The van der Waals surface area contributed by atoms with Crippen LogP contribution >= 0.6 is 27.5 Å². The van der Waals surface area contributed by atoms with Gasteiger partial charge in [0.05, 0.1) is 5.56 Å². The summed E-state index contributed by atoms with van der Waals surface area (Å²) in [4.78, 5) is 14.7. The van der Waals surface area contributed by atoms with Crippen molar-refractivity contribution < 1.29 is 9.53 Å². The number of halogens is 2. The van der Waals surface area contributed by atoms with E-state index >= 15 is 0 Å². The van der Waals surface area contributed by atoms with E-state index in [2.05, 4.69) is 38.8 Å². The van der Waals surface area contributed by atoms with Gasteiger partial charge < -0.3 is 15.0 Å². The number of hydrogen-bond donors (Lipinski definition) is 1. The molecule has 3 aliphatic heterocycles. The molecule has 28 heavy (non-hydrogen) atoms. The number of nitrogens with zero attached hydrogens (tertiary/aromatic N) is 1. The number of likely N-dealkylation sites (tertiary alicyclic amines) is 1. The minimum absolute atomic E-state index is 0.214. The van der Waals surface area contributed by atoms with Crippen molar-refractivity contribution in [3.63, 3.8) is 0 Å². The fourth-order valence-corrected chi connectivity index (χ4v) is 5.25. The number of rotatable bonds is 2. The Labute approximate surface area is 177 Å². The van der Waals surface area contributed by atoms with Crippen LogP contribution in [-0.4, -0.2) is 30.5 Å². The highest BCUT2D eigenvalue weighted by molar-refractivity contribution is 9.10. The molecule has 1 unspecified atom stereocenters. The van der Waals surface area contributed by atoms with Crippen LogP contribution in [0.1, 0.15) is 40.2 Å². The number of benzene rings is 2. The summed E-state index contributed by atoms with van der Waals surface area (Å²) >= 11 is 9.56. The summed E-state index contributed by atoms with van der Waals surface area (Å²) < 4.78 is 6.80. The monoisotopic (exact) mass is 458 g/mol. The number of hydrogen-bond acceptors (Lipinski definition) is 4. The number of nitrogens with one attached hydrogen (secondary N) is 1. The Hall–Kier alpha value is -1.98. The third kappa shape index (κ3) is 2.75. The summed E-state index contributed by atoms with van der Waals surface area (Å²) in [5.41, 5.74) is 4.67. The topological polar surface area (TPSA) is 41.6 Å². The molecule has 0 radical (unpaired) electrons. The lowest BCUT2D eigenvalue weighted by molar-refractivity contribution is -0.0388. The molecule has 1 saturated heterocycles. The maximum atomic E-state index is 12.4. The summed E-state index contributed by atoms with van der Waals surface area (Å²) in [6, 6.07) is 11.9. The largest absolute Gasteiger partial charge is 0.450 e. The first-order valence-electron chi connectivity index (χ1n) is 9.47. The van der Waals surface area contributed by atoms with Gasteiger partial charge in [-0.05, 0) is 29.8 Å². The number of piperidine rings is 1. The molecule has 2 aromatic carbocycles. The third-order valence-corrected chi connectivity index (χ3v) is 6.98. The van der Waals surface area contributed by atoms with Crippen molar-refractivity contribution in [3.8, 4) is 0 Å². The lowest BCUT2D eigenvalue weighted by Crippen LogP contribution is -2.43. The van der Waals surface area contributed by atoms with Gasteiger partial charge in [-0.25, -0.2) is 4.79 Å². The predicted molar refractivity (Wildman–Crippen MR) is 114 cm³/mol. The quantitative estimate of drug-likeness (QED) is 0.620. The van der Waals surface area contributed by atoms with Gasteiger partial charge in [-0.2, -0.15) is 0 Å². The van der Waals surface area contributed by atoms with Crippen LogP contribution in [0, 0.1) is 0 Å². The molecule has 5 rings (SSSR count). The van der Waals surface area contributed by atoms with Crippen molar-refractivity contribution in [3.05, 3.63) is 74.9 Å². The molecule has 144 valence electrons. The van der Waals surface area contributed by atoms with Gasteiger partial charge in [-0.3, -0.25) is 0 Å². The summed E-state index contributed by atoms with van der Waals surface area (Å²) in [6.45, 7) is 6.88. The van der Waals surface area contributed by atoms with E-state index in [1.807, 2.05) is 30.3 Å². The van der Waals surface area contributed by atoms with Gasteiger partial charge in [0.1, 0.15) is 5.60 Å². The van der Waals surface area contributed by atoms with Crippen LogP contribution in [0.4, 0.5) is 5.69 Å². The Bertz CT molecular complexity index is 998. The molecule has 3 heterocycles. The SMILES string of the molecule is C=C(C1CNc2cc(Cl)ccc21)N1CCC2(CC1)OC(=O)c1cc(Br)ccc12. The second-order valence-electron chi connectivity index (χ2n) is 7.72. The number of anilines is 1. The van der Waals surface area contributed by atoms with Crippen LogP contribution in [0.3, 0.4) is 0 Å². The molecular weight excluding hydrogens is 440 g/mol. The smallest absolute Gasteiger partial charge is 0.339 e. The summed E-state index contributed by atoms with van der Waals surface area (Å²) in [7, 11) is 0. The molecule has 0 saturated carbocycles. The first-order valence-corrected chi connectivity index (χ1v) is 10.6. The molecule has 0 aromatic heterocycles. The van der Waals surface area contributed by atoms with Crippen molar-refractivity contribution in [2.24, 2.45) is 0 Å². The maximum absolute atomic E-state index is 12.4. The summed E-state index contributed by atoms with van der Waals surface area (Å²) in [5, 5.41) is 4.18. The minimum Gasteiger partial charge on any atom is -0.450 e. The second-order valence-corrected chi connectivity index (χ2v) is 9.07. The maximum Gasteiger partial charge on any atom is 0.339 e. The summed E-state index contributed by atoms with van der Waals surface area (Å²) in [5.74, 6) is 0.0325. The Morgan fingerprint density at radius 3 is 2.82 bits per heavy atom. The van der Waals surface area contributed by atoms with Crippen LogP contribution in [0.15, 0.2) is 53.1 Å². The van der Waals surface area contributed by atoms with Gasteiger partial charge in [-0.1, -0.05) is 46.2 Å². The zero-order valence-corrected chi connectivity index (χ0v) is 17.6. The average Bonchev–Trinajstić information content (AvgIpc) is 3.21. The summed E-state index contributed by atoms with van der Waals surface area (Å²) in [6.07, 6.45) is 1.56. The Morgan fingerprint density at radius 2 is 2.04 bits per heavy atom. The first-order chi connectivity index (χ1) is 13.5. The van der Waals surface area contributed by atoms with Gasteiger partial charge >= 0.3 is 5.97 Å². The standard InChI is InChI=1S/C22H20BrClN2O2/c1-13(18-12-25-20-11-15(24)3-4-16(18)20)26-8-6-22(7-9-26)19-5-2-14(23)10-17(19)21(27)28-22/h2-5,10-11,18,25H,1,6-9,12H2. The number of esters is 1. The van der Waals surface area contributed by atoms with Crippen LogP contribution in [0.2, 0.25) is 5.02 Å². The molecule has 1 N–H and O–H groups in total. The van der Waals surface area contributed by atoms with E-state index in [9.17, 15) is 4.79 Å². The number of ether oxygens (including phenoxy) is 1. The van der Waals surface area contributed by atoms with E-state index < -0.39 is 5.60 Å².